The molecular weight excluding hydrogens is 465 g/mol. The zero-order valence-corrected chi connectivity index (χ0v) is 18.7. The lowest BCUT2D eigenvalue weighted by Crippen LogP contribution is -2.46. The molecule has 2 aliphatic rings. The molecule has 0 unspecified atom stereocenters. The van der Waals surface area contributed by atoms with Crippen molar-refractivity contribution in [1.82, 2.24) is 10.6 Å². The molecule has 2 aliphatic carbocycles. The number of benzene rings is 2. The number of halogens is 3. The average molecular weight is 490 g/mol. The maximum Gasteiger partial charge on any atom is 0.408 e. The van der Waals surface area contributed by atoms with Crippen LogP contribution in [0.15, 0.2) is 48.5 Å². The maximum atomic E-state index is 13.5. The molecule has 10 heteroatoms. The van der Waals surface area contributed by atoms with E-state index in [0.29, 0.717) is 12.8 Å². The van der Waals surface area contributed by atoms with Crippen LogP contribution in [0.1, 0.15) is 42.7 Å². The second-order valence-corrected chi connectivity index (χ2v) is 8.96. The van der Waals surface area contributed by atoms with Crippen LogP contribution in [0.2, 0.25) is 0 Å². The van der Waals surface area contributed by atoms with Gasteiger partial charge in [-0.05, 0) is 41.5 Å². The number of carboxylic acid groups (broad SMARTS) is 1. The summed E-state index contributed by atoms with van der Waals surface area (Å²) in [6.07, 6.45) is -6.40. The molecule has 4 rings (SSSR count). The zero-order chi connectivity index (χ0) is 25.2. The molecule has 1 atom stereocenters. The molecule has 0 saturated heterocycles. The van der Waals surface area contributed by atoms with E-state index < -0.39 is 48.4 Å². The smallest absolute Gasteiger partial charge is 0.408 e. The Hall–Kier alpha value is -3.56. The Morgan fingerprint density at radius 2 is 1.60 bits per heavy atom. The fourth-order valence-corrected chi connectivity index (χ4v) is 4.35. The number of ether oxygens (including phenoxy) is 1. The minimum Gasteiger partial charge on any atom is -0.481 e. The molecule has 186 valence electrons. The van der Waals surface area contributed by atoms with Crippen molar-refractivity contribution in [2.24, 2.45) is 5.41 Å². The quantitative estimate of drug-likeness (QED) is 0.488. The number of amides is 2. The SMILES string of the molecule is O=C(CC[C@H](NC(=O)OCC1c2ccccc2-c2ccccc21)C(F)(F)F)NCC1(C(=O)O)CC1. The van der Waals surface area contributed by atoms with Crippen molar-refractivity contribution < 1.29 is 37.4 Å². The second kappa shape index (κ2) is 9.59. The minimum absolute atomic E-state index is 0.127. The predicted octanol–water partition coefficient (Wildman–Crippen LogP) is 4.22. The minimum atomic E-state index is -4.79. The van der Waals surface area contributed by atoms with E-state index in [2.05, 4.69) is 5.32 Å². The highest BCUT2D eigenvalue weighted by atomic mass is 19.4. The lowest BCUT2D eigenvalue weighted by Gasteiger charge is -2.22. The monoisotopic (exact) mass is 490 g/mol. The maximum absolute atomic E-state index is 13.5. The molecule has 2 aromatic carbocycles. The average Bonchev–Trinajstić information content (AvgIpc) is 3.55. The van der Waals surface area contributed by atoms with Gasteiger partial charge >= 0.3 is 18.2 Å². The summed E-state index contributed by atoms with van der Waals surface area (Å²) in [4.78, 5) is 35.4. The Morgan fingerprint density at radius 3 is 2.11 bits per heavy atom. The Morgan fingerprint density at radius 1 is 1.03 bits per heavy atom. The van der Waals surface area contributed by atoms with E-state index in [0.717, 1.165) is 22.3 Å². The first-order chi connectivity index (χ1) is 16.6. The number of nitrogens with one attached hydrogen (secondary N) is 2. The van der Waals surface area contributed by atoms with Gasteiger partial charge in [-0.15, -0.1) is 0 Å². The number of carbonyl (C=O) groups is 3. The highest BCUT2D eigenvalue weighted by molar-refractivity contribution is 5.81. The van der Waals surface area contributed by atoms with Crippen LogP contribution in [0.4, 0.5) is 18.0 Å². The second-order valence-electron chi connectivity index (χ2n) is 8.96. The van der Waals surface area contributed by atoms with Gasteiger partial charge in [-0.3, -0.25) is 9.59 Å². The first-order valence-electron chi connectivity index (χ1n) is 11.3. The van der Waals surface area contributed by atoms with Crippen molar-refractivity contribution in [1.29, 1.82) is 0 Å². The molecule has 0 aliphatic heterocycles. The summed E-state index contributed by atoms with van der Waals surface area (Å²) in [6, 6.07) is 12.9. The van der Waals surface area contributed by atoms with Crippen LogP contribution in [-0.2, 0) is 14.3 Å². The van der Waals surface area contributed by atoms with E-state index in [-0.39, 0.29) is 19.1 Å². The third kappa shape index (κ3) is 5.41. The van der Waals surface area contributed by atoms with Crippen molar-refractivity contribution >= 4 is 18.0 Å². The van der Waals surface area contributed by atoms with Crippen LogP contribution < -0.4 is 10.6 Å². The summed E-state index contributed by atoms with van der Waals surface area (Å²) < 4.78 is 45.6. The van der Waals surface area contributed by atoms with Crippen LogP contribution in [0.25, 0.3) is 11.1 Å². The van der Waals surface area contributed by atoms with Crippen LogP contribution in [-0.4, -0.2) is 48.4 Å². The number of hydrogen-bond donors (Lipinski definition) is 3. The fraction of sp³-hybridized carbons (Fsp3) is 0.400. The van der Waals surface area contributed by atoms with E-state index in [1.165, 1.54) is 0 Å². The number of hydrogen-bond acceptors (Lipinski definition) is 4. The van der Waals surface area contributed by atoms with Gasteiger partial charge in [-0.25, -0.2) is 4.79 Å². The van der Waals surface area contributed by atoms with Crippen LogP contribution in [0.3, 0.4) is 0 Å². The van der Waals surface area contributed by atoms with Crippen LogP contribution >= 0.6 is 0 Å². The first-order valence-corrected chi connectivity index (χ1v) is 11.3. The summed E-state index contributed by atoms with van der Waals surface area (Å²) in [6.45, 7) is -0.264. The van der Waals surface area contributed by atoms with Crippen molar-refractivity contribution in [2.75, 3.05) is 13.2 Å². The van der Waals surface area contributed by atoms with Gasteiger partial charge in [0, 0.05) is 18.9 Å². The molecule has 35 heavy (non-hydrogen) atoms. The fourth-order valence-electron chi connectivity index (χ4n) is 4.35. The van der Waals surface area contributed by atoms with Crippen LogP contribution in [0.5, 0.6) is 0 Å². The van der Waals surface area contributed by atoms with Gasteiger partial charge in [-0.1, -0.05) is 48.5 Å². The highest BCUT2D eigenvalue weighted by Gasteiger charge is 2.50. The largest absolute Gasteiger partial charge is 0.481 e. The Bertz CT molecular complexity index is 1080. The van der Waals surface area contributed by atoms with Gasteiger partial charge < -0.3 is 20.5 Å². The number of fused-ring (bicyclic) bond motifs is 3. The lowest BCUT2D eigenvalue weighted by atomic mass is 9.98. The highest BCUT2D eigenvalue weighted by Crippen LogP contribution is 2.45. The molecule has 0 aromatic heterocycles. The van der Waals surface area contributed by atoms with Gasteiger partial charge in [0.05, 0.1) is 5.41 Å². The molecule has 2 amide bonds. The zero-order valence-electron chi connectivity index (χ0n) is 18.7. The van der Waals surface area contributed by atoms with E-state index in [4.69, 9.17) is 9.84 Å². The number of carbonyl (C=O) groups excluding carboxylic acids is 2. The third-order valence-electron chi connectivity index (χ3n) is 6.62. The molecule has 7 nitrogen and oxygen atoms in total. The Kier molecular flexibility index (Phi) is 6.73. The molecule has 1 fully saturated rings. The molecule has 3 N–H and O–H groups in total. The number of alkyl carbamates (subject to hydrolysis) is 1. The number of aliphatic carboxylic acids is 1. The molecule has 1 saturated carbocycles. The molecular formula is C25H25F3N2O5. The number of carboxylic acids is 1. The van der Waals surface area contributed by atoms with E-state index >= 15 is 0 Å². The van der Waals surface area contributed by atoms with E-state index in [9.17, 15) is 27.6 Å². The van der Waals surface area contributed by atoms with Crippen molar-refractivity contribution in [2.45, 2.75) is 43.8 Å². The van der Waals surface area contributed by atoms with Gasteiger partial charge in [0.15, 0.2) is 0 Å². The Balaban J connectivity index is 1.31. The molecule has 0 spiro atoms. The van der Waals surface area contributed by atoms with Crippen LogP contribution in [0, 0.1) is 5.41 Å². The molecule has 2 aromatic rings. The summed E-state index contributed by atoms with van der Waals surface area (Å²) >= 11 is 0. The summed E-state index contributed by atoms with van der Waals surface area (Å²) in [5.41, 5.74) is 2.83. The summed E-state index contributed by atoms with van der Waals surface area (Å²) in [5, 5.41) is 13.3. The number of alkyl halides is 3. The van der Waals surface area contributed by atoms with Gasteiger partial charge in [0.25, 0.3) is 0 Å². The standard InChI is InChI=1S/C25H25F3N2O5/c26-25(27,28)20(9-10-21(31)29-14-24(11-12-24)22(32)33)30-23(34)35-13-19-17-7-3-1-5-15(17)16-6-2-4-8-18(16)19/h1-8,19-20H,9-14H2,(H,29,31)(H,30,34)(H,32,33)/t20-/m0/s1. The molecule has 0 radical (unpaired) electrons. The molecule has 0 heterocycles. The molecule has 0 bridgehead atoms. The summed E-state index contributed by atoms with van der Waals surface area (Å²) in [7, 11) is 0. The van der Waals surface area contributed by atoms with Gasteiger partial charge in [-0.2, -0.15) is 13.2 Å². The Labute approximate surface area is 199 Å². The first kappa shape index (κ1) is 24.6. The van der Waals surface area contributed by atoms with Gasteiger partial charge in [0.1, 0.15) is 12.6 Å². The third-order valence-corrected chi connectivity index (χ3v) is 6.62. The van der Waals surface area contributed by atoms with Crippen molar-refractivity contribution in [3.05, 3.63) is 59.7 Å². The van der Waals surface area contributed by atoms with Gasteiger partial charge in [0.2, 0.25) is 5.91 Å². The van der Waals surface area contributed by atoms with E-state index in [1.54, 1.807) is 0 Å². The summed E-state index contributed by atoms with van der Waals surface area (Å²) in [5.74, 6) is -2.05. The predicted molar refractivity (Wildman–Crippen MR) is 120 cm³/mol. The van der Waals surface area contributed by atoms with E-state index in [1.807, 2.05) is 53.8 Å². The van der Waals surface area contributed by atoms with Crippen molar-refractivity contribution in [3.63, 3.8) is 0 Å². The van der Waals surface area contributed by atoms with Crippen molar-refractivity contribution in [3.8, 4) is 11.1 Å². The number of rotatable bonds is 9. The lowest BCUT2D eigenvalue weighted by molar-refractivity contribution is -0.156. The normalized spacial score (nSPS) is 16.5. The topological polar surface area (TPSA) is 105 Å².